The maximum atomic E-state index is 11.1. The molecule has 0 spiro atoms. The van der Waals surface area contributed by atoms with Gasteiger partial charge >= 0.3 is 17.8 Å². The Kier molecular flexibility index (Phi) is 2.33. The number of nitrogens with zero attached hydrogens (tertiary/aromatic N) is 1. The molecule has 1 aliphatic rings. The zero-order valence-electron chi connectivity index (χ0n) is 7.03. The predicted octanol–water partition coefficient (Wildman–Crippen LogP) is -0.523. The van der Waals surface area contributed by atoms with Gasteiger partial charge in [0.05, 0.1) is 6.04 Å². The summed E-state index contributed by atoms with van der Waals surface area (Å²) in [5.74, 6) is 0.580. The fourth-order valence-electron chi connectivity index (χ4n) is 1.07. The molecule has 1 atom stereocenters. The highest BCUT2D eigenvalue weighted by Gasteiger charge is 2.39. The normalized spacial score (nSPS) is 18.5. The standard InChI is InChI=1S/C8H8N2O3/c1-3-4-5(2)10-7(12)6(11)9-8(10)13/h1,5H,4H2,2H3,(H,9,11,13). The molecule has 1 aliphatic heterocycles. The van der Waals surface area contributed by atoms with Crippen LogP contribution in [0.5, 0.6) is 0 Å². The first-order valence-corrected chi connectivity index (χ1v) is 3.70. The second-order valence-corrected chi connectivity index (χ2v) is 2.69. The van der Waals surface area contributed by atoms with Crippen LogP contribution in [0.4, 0.5) is 4.79 Å². The average Bonchev–Trinajstić information content (AvgIpc) is 2.27. The Morgan fingerprint density at radius 2 is 2.15 bits per heavy atom. The monoisotopic (exact) mass is 180 g/mol. The van der Waals surface area contributed by atoms with E-state index in [2.05, 4.69) is 5.92 Å². The van der Waals surface area contributed by atoms with E-state index in [1.807, 2.05) is 5.32 Å². The maximum Gasteiger partial charge on any atom is 0.331 e. The summed E-state index contributed by atoms with van der Waals surface area (Å²) in [4.78, 5) is 33.6. The van der Waals surface area contributed by atoms with Crippen molar-refractivity contribution in [2.24, 2.45) is 0 Å². The molecule has 0 aromatic heterocycles. The first kappa shape index (κ1) is 9.26. The minimum absolute atomic E-state index is 0.242. The second kappa shape index (κ2) is 3.27. The van der Waals surface area contributed by atoms with E-state index in [1.54, 1.807) is 6.92 Å². The number of rotatable bonds is 2. The topological polar surface area (TPSA) is 66.5 Å². The molecule has 1 unspecified atom stereocenters. The lowest BCUT2D eigenvalue weighted by atomic mass is 10.2. The number of carbonyl (C=O) groups is 3. The van der Waals surface area contributed by atoms with Crippen molar-refractivity contribution in [3.8, 4) is 12.3 Å². The summed E-state index contributed by atoms with van der Waals surface area (Å²) in [6.07, 6.45) is 5.26. The van der Waals surface area contributed by atoms with Gasteiger partial charge in [-0.25, -0.2) is 4.79 Å². The molecule has 5 heteroatoms. The zero-order chi connectivity index (χ0) is 10.0. The molecule has 4 amide bonds. The molecule has 1 heterocycles. The van der Waals surface area contributed by atoms with E-state index >= 15 is 0 Å². The van der Waals surface area contributed by atoms with Crippen molar-refractivity contribution in [2.45, 2.75) is 19.4 Å². The molecule has 0 radical (unpaired) electrons. The molecule has 0 aliphatic carbocycles. The molecule has 0 bridgehead atoms. The number of hydrogen-bond acceptors (Lipinski definition) is 3. The van der Waals surface area contributed by atoms with Crippen LogP contribution in [0.1, 0.15) is 13.3 Å². The molecule has 0 aromatic rings. The number of hydrogen-bond donors (Lipinski definition) is 1. The summed E-state index contributed by atoms with van der Waals surface area (Å²) in [6, 6.07) is -1.14. The summed E-state index contributed by atoms with van der Waals surface area (Å²) in [7, 11) is 0. The molecule has 0 saturated carbocycles. The summed E-state index contributed by atoms with van der Waals surface area (Å²) < 4.78 is 0. The summed E-state index contributed by atoms with van der Waals surface area (Å²) in [5, 5.41) is 1.89. The molecular formula is C8H8N2O3. The SMILES string of the molecule is C#CCC(C)N1C(=O)NC(=O)C1=O. The smallest absolute Gasteiger partial charge is 0.269 e. The van der Waals surface area contributed by atoms with E-state index in [1.165, 1.54) is 0 Å². The Balaban J connectivity index is 2.81. The van der Waals surface area contributed by atoms with E-state index in [0.29, 0.717) is 0 Å². The van der Waals surface area contributed by atoms with Gasteiger partial charge in [0, 0.05) is 6.42 Å². The quantitative estimate of drug-likeness (QED) is 0.353. The zero-order valence-corrected chi connectivity index (χ0v) is 7.03. The molecule has 5 nitrogen and oxygen atoms in total. The summed E-state index contributed by atoms with van der Waals surface area (Å²) >= 11 is 0. The number of carbonyl (C=O) groups excluding carboxylic acids is 3. The van der Waals surface area contributed by atoms with Gasteiger partial charge in [-0.15, -0.1) is 12.3 Å². The van der Waals surface area contributed by atoms with Crippen LogP contribution in [0, 0.1) is 12.3 Å². The molecular weight excluding hydrogens is 172 g/mol. The summed E-state index contributed by atoms with van der Waals surface area (Å²) in [6.45, 7) is 1.61. The highest BCUT2D eigenvalue weighted by molar-refractivity contribution is 6.44. The van der Waals surface area contributed by atoms with Crippen LogP contribution in [0.2, 0.25) is 0 Å². The van der Waals surface area contributed by atoms with Gasteiger partial charge in [0.2, 0.25) is 0 Å². The molecule has 1 N–H and O–H groups in total. The molecule has 0 aromatic carbocycles. The number of imide groups is 2. The number of nitrogens with one attached hydrogen (secondary N) is 1. The van der Waals surface area contributed by atoms with E-state index in [-0.39, 0.29) is 6.42 Å². The lowest BCUT2D eigenvalue weighted by molar-refractivity contribution is -0.140. The van der Waals surface area contributed by atoms with Gasteiger partial charge in [-0.2, -0.15) is 0 Å². The lowest BCUT2D eigenvalue weighted by Gasteiger charge is -2.17. The predicted molar refractivity (Wildman–Crippen MR) is 43.3 cm³/mol. The fourth-order valence-corrected chi connectivity index (χ4v) is 1.07. The Hall–Kier alpha value is -1.83. The Bertz CT molecular complexity index is 316. The Morgan fingerprint density at radius 1 is 1.54 bits per heavy atom. The molecule has 68 valence electrons. The molecule has 13 heavy (non-hydrogen) atoms. The first-order valence-electron chi connectivity index (χ1n) is 3.70. The van der Waals surface area contributed by atoms with Crippen molar-refractivity contribution in [1.29, 1.82) is 0 Å². The van der Waals surface area contributed by atoms with E-state index in [4.69, 9.17) is 6.42 Å². The third-order valence-electron chi connectivity index (χ3n) is 1.71. The van der Waals surface area contributed by atoms with Gasteiger partial charge in [0.1, 0.15) is 0 Å². The third kappa shape index (κ3) is 1.51. The fraction of sp³-hybridized carbons (Fsp3) is 0.375. The van der Waals surface area contributed by atoms with Gasteiger partial charge in [-0.05, 0) is 6.92 Å². The van der Waals surface area contributed by atoms with Gasteiger partial charge < -0.3 is 0 Å². The van der Waals surface area contributed by atoms with E-state index in [9.17, 15) is 14.4 Å². The molecule has 1 rings (SSSR count). The molecule has 1 fully saturated rings. The number of urea groups is 1. The van der Waals surface area contributed by atoms with Gasteiger partial charge in [-0.1, -0.05) is 0 Å². The van der Waals surface area contributed by atoms with Crippen molar-refractivity contribution in [1.82, 2.24) is 10.2 Å². The van der Waals surface area contributed by atoms with Crippen LogP contribution in [-0.2, 0) is 9.59 Å². The van der Waals surface area contributed by atoms with E-state index < -0.39 is 23.9 Å². The van der Waals surface area contributed by atoms with Crippen molar-refractivity contribution >= 4 is 17.8 Å². The van der Waals surface area contributed by atoms with Crippen molar-refractivity contribution in [2.75, 3.05) is 0 Å². The molecule has 1 saturated heterocycles. The average molecular weight is 180 g/mol. The minimum atomic E-state index is -0.895. The highest BCUT2D eigenvalue weighted by atomic mass is 16.2. The Morgan fingerprint density at radius 3 is 2.54 bits per heavy atom. The van der Waals surface area contributed by atoms with Crippen LogP contribution >= 0.6 is 0 Å². The maximum absolute atomic E-state index is 11.1. The van der Waals surface area contributed by atoms with Crippen LogP contribution in [0.3, 0.4) is 0 Å². The first-order chi connectivity index (χ1) is 6.07. The third-order valence-corrected chi connectivity index (χ3v) is 1.71. The largest absolute Gasteiger partial charge is 0.331 e. The number of terminal acetylenes is 1. The lowest BCUT2D eigenvalue weighted by Crippen LogP contribution is -2.38. The Labute approximate surface area is 75.1 Å². The van der Waals surface area contributed by atoms with Gasteiger partial charge in [0.25, 0.3) is 0 Å². The van der Waals surface area contributed by atoms with E-state index in [0.717, 1.165) is 4.90 Å². The van der Waals surface area contributed by atoms with Crippen LogP contribution < -0.4 is 5.32 Å². The van der Waals surface area contributed by atoms with Crippen LogP contribution in [0.25, 0.3) is 0 Å². The van der Waals surface area contributed by atoms with Gasteiger partial charge in [0.15, 0.2) is 0 Å². The summed E-state index contributed by atoms with van der Waals surface area (Å²) in [5.41, 5.74) is 0. The van der Waals surface area contributed by atoms with Crippen molar-refractivity contribution in [3.05, 3.63) is 0 Å². The number of amides is 4. The van der Waals surface area contributed by atoms with Crippen molar-refractivity contribution in [3.63, 3.8) is 0 Å². The van der Waals surface area contributed by atoms with Crippen LogP contribution in [0.15, 0.2) is 0 Å². The van der Waals surface area contributed by atoms with Gasteiger partial charge in [-0.3, -0.25) is 19.8 Å². The van der Waals surface area contributed by atoms with Crippen molar-refractivity contribution < 1.29 is 14.4 Å². The van der Waals surface area contributed by atoms with Crippen LogP contribution in [-0.4, -0.2) is 28.8 Å². The minimum Gasteiger partial charge on any atom is -0.269 e. The second-order valence-electron chi connectivity index (χ2n) is 2.69. The highest BCUT2D eigenvalue weighted by Crippen LogP contribution is 2.08.